The van der Waals surface area contributed by atoms with Crippen molar-refractivity contribution >= 4 is 33.0 Å². The van der Waals surface area contributed by atoms with Crippen molar-refractivity contribution in [3.05, 3.63) is 32.6 Å². The lowest BCUT2D eigenvalue weighted by Crippen LogP contribution is -2.27. The molecule has 2 heterocycles. The number of rotatable bonds is 6. The summed E-state index contributed by atoms with van der Waals surface area (Å²) in [7, 11) is -3.65. The molecule has 2 rings (SSSR count). The normalized spacial score (nSPS) is 11.9. The highest BCUT2D eigenvalue weighted by molar-refractivity contribution is 7.89. The van der Waals surface area contributed by atoms with Crippen molar-refractivity contribution in [2.24, 2.45) is 5.73 Å². The van der Waals surface area contributed by atoms with Crippen LogP contribution in [0.4, 0.5) is 0 Å². The van der Waals surface area contributed by atoms with Crippen LogP contribution in [0.15, 0.2) is 17.2 Å². The Bertz CT molecular complexity index is 693. The summed E-state index contributed by atoms with van der Waals surface area (Å²) in [5.74, 6) is 0. The van der Waals surface area contributed by atoms with E-state index in [4.69, 9.17) is 17.3 Å². The second-order valence-corrected chi connectivity index (χ2v) is 7.67. The molecule has 2 aromatic heterocycles. The number of thiophene rings is 1. The predicted octanol–water partition coefficient (Wildman–Crippen LogP) is 1.41. The summed E-state index contributed by atoms with van der Waals surface area (Å²) in [4.78, 5) is 1.02. The Kier molecular flexibility index (Phi) is 4.82. The molecule has 4 N–H and O–H groups in total. The second kappa shape index (κ2) is 6.23. The molecule has 0 bridgehead atoms. The first kappa shape index (κ1) is 15.5. The Morgan fingerprint density at radius 2 is 2.25 bits per heavy atom. The molecule has 0 saturated heterocycles. The second-order valence-electron chi connectivity index (χ2n) is 4.19. The zero-order chi connectivity index (χ0) is 14.8. The first-order chi connectivity index (χ1) is 9.44. The highest BCUT2D eigenvalue weighted by Gasteiger charge is 2.22. The van der Waals surface area contributed by atoms with Gasteiger partial charge < -0.3 is 5.73 Å². The Morgan fingerprint density at radius 3 is 2.85 bits per heavy atom. The Labute approximate surface area is 126 Å². The van der Waals surface area contributed by atoms with E-state index in [1.54, 1.807) is 13.0 Å². The van der Waals surface area contributed by atoms with Crippen molar-refractivity contribution in [1.82, 2.24) is 14.9 Å². The molecule has 0 aliphatic rings. The Morgan fingerprint density at radius 1 is 1.50 bits per heavy atom. The van der Waals surface area contributed by atoms with Gasteiger partial charge >= 0.3 is 0 Å². The van der Waals surface area contributed by atoms with Gasteiger partial charge in [0, 0.05) is 29.2 Å². The molecule has 6 nitrogen and oxygen atoms in total. The minimum absolute atomic E-state index is 0.0262. The first-order valence-electron chi connectivity index (χ1n) is 5.92. The van der Waals surface area contributed by atoms with E-state index in [1.807, 2.05) is 6.07 Å². The van der Waals surface area contributed by atoms with E-state index in [1.165, 1.54) is 11.3 Å². The van der Waals surface area contributed by atoms with Gasteiger partial charge in [-0.2, -0.15) is 5.10 Å². The lowest BCUT2D eigenvalue weighted by Gasteiger charge is -2.05. The maximum absolute atomic E-state index is 12.1. The molecule has 0 saturated carbocycles. The maximum Gasteiger partial charge on any atom is 0.260 e. The quantitative estimate of drug-likeness (QED) is 0.743. The molecule has 0 fully saturated rings. The van der Waals surface area contributed by atoms with Crippen molar-refractivity contribution in [3.63, 3.8) is 0 Å². The van der Waals surface area contributed by atoms with E-state index in [2.05, 4.69) is 14.9 Å². The van der Waals surface area contributed by atoms with E-state index >= 15 is 0 Å². The third-order valence-electron chi connectivity index (χ3n) is 2.79. The fraction of sp³-hybridized carbons (Fsp3) is 0.364. The van der Waals surface area contributed by atoms with Gasteiger partial charge in [-0.25, -0.2) is 13.1 Å². The van der Waals surface area contributed by atoms with Crippen molar-refractivity contribution < 1.29 is 8.42 Å². The van der Waals surface area contributed by atoms with Crippen molar-refractivity contribution in [1.29, 1.82) is 0 Å². The molecule has 0 atom stereocenters. The van der Waals surface area contributed by atoms with Crippen LogP contribution in [0.2, 0.25) is 4.34 Å². The number of sulfonamides is 1. The fourth-order valence-corrected chi connectivity index (χ4v) is 4.08. The molecule has 2 aromatic rings. The van der Waals surface area contributed by atoms with E-state index in [0.29, 0.717) is 22.0 Å². The number of halogens is 1. The number of nitrogens with zero attached hydrogens (tertiary/aromatic N) is 1. The summed E-state index contributed by atoms with van der Waals surface area (Å²) < 4.78 is 27.5. The summed E-state index contributed by atoms with van der Waals surface area (Å²) in [5, 5.41) is 6.43. The Hall–Kier alpha value is -0.930. The summed E-state index contributed by atoms with van der Waals surface area (Å²) in [6.45, 7) is 2.15. The molecular formula is C11H15ClN4O2S2. The van der Waals surface area contributed by atoms with Crippen LogP contribution >= 0.6 is 22.9 Å². The van der Waals surface area contributed by atoms with Gasteiger partial charge in [-0.05, 0) is 25.5 Å². The monoisotopic (exact) mass is 334 g/mol. The summed E-state index contributed by atoms with van der Waals surface area (Å²) in [6, 6.07) is 3.67. The van der Waals surface area contributed by atoms with Crippen LogP contribution in [0, 0.1) is 6.92 Å². The van der Waals surface area contributed by atoms with Gasteiger partial charge in [0.15, 0.2) is 5.03 Å². The van der Waals surface area contributed by atoms with Crippen molar-refractivity contribution in [2.45, 2.75) is 24.9 Å². The van der Waals surface area contributed by atoms with Crippen LogP contribution < -0.4 is 10.5 Å². The number of nitrogens with two attached hydrogens (primary N) is 1. The number of aromatic nitrogens is 2. The minimum Gasteiger partial charge on any atom is -0.326 e. The zero-order valence-electron chi connectivity index (χ0n) is 10.8. The smallest absolute Gasteiger partial charge is 0.260 e. The average Bonchev–Trinajstić information content (AvgIpc) is 2.95. The molecule has 0 aliphatic heterocycles. The van der Waals surface area contributed by atoms with Gasteiger partial charge in [-0.3, -0.25) is 5.10 Å². The van der Waals surface area contributed by atoms with Crippen LogP contribution in [-0.2, 0) is 23.0 Å². The zero-order valence-corrected chi connectivity index (χ0v) is 13.2. The summed E-state index contributed by atoms with van der Waals surface area (Å²) in [5.41, 5.74) is 6.73. The Balaban J connectivity index is 2.04. The minimum atomic E-state index is -3.65. The van der Waals surface area contributed by atoms with Gasteiger partial charge in [0.05, 0.1) is 4.34 Å². The summed E-state index contributed by atoms with van der Waals surface area (Å²) in [6.07, 6.45) is 0.581. The topological polar surface area (TPSA) is 101 Å². The van der Waals surface area contributed by atoms with E-state index < -0.39 is 10.0 Å². The molecule has 0 unspecified atom stereocenters. The lowest BCUT2D eigenvalue weighted by molar-refractivity contribution is 0.576. The molecular weight excluding hydrogens is 320 g/mol. The number of H-pyrrole nitrogens is 1. The largest absolute Gasteiger partial charge is 0.326 e. The highest BCUT2D eigenvalue weighted by atomic mass is 35.5. The molecule has 110 valence electrons. The molecule has 20 heavy (non-hydrogen) atoms. The maximum atomic E-state index is 12.1. The number of hydrogen-bond donors (Lipinski definition) is 3. The van der Waals surface area contributed by atoms with E-state index in [-0.39, 0.29) is 18.1 Å². The van der Waals surface area contributed by atoms with Crippen LogP contribution in [0.25, 0.3) is 0 Å². The molecule has 0 aliphatic carbocycles. The van der Waals surface area contributed by atoms with Gasteiger partial charge in [0.2, 0.25) is 0 Å². The molecule has 0 spiro atoms. The summed E-state index contributed by atoms with van der Waals surface area (Å²) >= 11 is 7.25. The number of hydrogen-bond acceptors (Lipinski definition) is 5. The average molecular weight is 335 g/mol. The van der Waals surface area contributed by atoms with Crippen LogP contribution in [0.5, 0.6) is 0 Å². The van der Waals surface area contributed by atoms with E-state index in [9.17, 15) is 8.42 Å². The van der Waals surface area contributed by atoms with Crippen molar-refractivity contribution in [3.8, 4) is 0 Å². The molecule has 0 aromatic carbocycles. The third-order valence-corrected chi connectivity index (χ3v) is 5.51. The van der Waals surface area contributed by atoms with Crippen LogP contribution in [0.1, 0.15) is 16.1 Å². The van der Waals surface area contributed by atoms with Crippen LogP contribution in [-0.4, -0.2) is 25.2 Å². The van der Waals surface area contributed by atoms with Gasteiger partial charge in [0.1, 0.15) is 0 Å². The van der Waals surface area contributed by atoms with E-state index in [0.717, 1.165) is 4.88 Å². The highest BCUT2D eigenvalue weighted by Crippen LogP contribution is 2.21. The number of aromatic amines is 1. The fourth-order valence-electron chi connectivity index (χ4n) is 1.76. The molecule has 0 radical (unpaired) electrons. The number of nitrogens with one attached hydrogen (secondary N) is 2. The van der Waals surface area contributed by atoms with Gasteiger partial charge in [-0.15, -0.1) is 11.3 Å². The lowest BCUT2D eigenvalue weighted by atomic mass is 10.3. The predicted molar refractivity (Wildman–Crippen MR) is 79.4 cm³/mol. The molecule has 0 amide bonds. The standard InChI is InChI=1S/C11H15ClN4O2S2/c1-7-9(6-13)11(16-15-7)20(17,18)14-5-4-8-2-3-10(12)19-8/h2-3,14H,4-6,13H2,1H3,(H,15,16). The SMILES string of the molecule is Cc1[nH]nc(S(=O)(=O)NCCc2ccc(Cl)s2)c1CN. The number of aryl methyl sites for hydroxylation is 1. The van der Waals surface area contributed by atoms with Gasteiger partial charge in [0.25, 0.3) is 10.0 Å². The van der Waals surface area contributed by atoms with Crippen LogP contribution in [0.3, 0.4) is 0 Å². The van der Waals surface area contributed by atoms with Gasteiger partial charge in [-0.1, -0.05) is 11.6 Å². The van der Waals surface area contributed by atoms with Crippen molar-refractivity contribution in [2.75, 3.05) is 6.54 Å². The third kappa shape index (κ3) is 3.39. The first-order valence-corrected chi connectivity index (χ1v) is 8.59. The molecule has 9 heteroatoms.